The van der Waals surface area contributed by atoms with Crippen LogP contribution in [0.4, 0.5) is 10.1 Å². The van der Waals surface area contributed by atoms with Crippen LogP contribution in [-0.4, -0.2) is 33.2 Å². The van der Waals surface area contributed by atoms with Crippen LogP contribution in [0.1, 0.15) is 22.3 Å². The lowest BCUT2D eigenvalue weighted by Gasteiger charge is -2.25. The van der Waals surface area contributed by atoms with E-state index in [0.29, 0.717) is 34.3 Å². The van der Waals surface area contributed by atoms with Crippen LogP contribution in [0.2, 0.25) is 5.02 Å². The molecule has 0 spiro atoms. The van der Waals surface area contributed by atoms with Crippen molar-refractivity contribution in [1.82, 2.24) is 5.32 Å². The predicted octanol–water partition coefficient (Wildman–Crippen LogP) is 5.65. The van der Waals surface area contributed by atoms with Gasteiger partial charge in [0.05, 0.1) is 10.6 Å². The number of hydrogen-bond donors (Lipinski definition) is 1. The highest BCUT2D eigenvalue weighted by molar-refractivity contribution is 7.98. The van der Waals surface area contributed by atoms with Crippen molar-refractivity contribution in [3.63, 3.8) is 0 Å². The van der Waals surface area contributed by atoms with Crippen LogP contribution in [-0.2, 0) is 20.6 Å². The van der Waals surface area contributed by atoms with E-state index < -0.39 is 15.9 Å². The molecular formula is C26H28ClFN2O3S2. The number of amides is 1. The molecule has 3 aromatic carbocycles. The zero-order valence-corrected chi connectivity index (χ0v) is 22.2. The van der Waals surface area contributed by atoms with E-state index >= 15 is 0 Å². The SMILES string of the molecule is Cc1ccc(S(=O)(=O)N(CC(=O)NCCSCc2c(F)cccc2Cl)c2ccc(C)c(C)c2)cc1. The summed E-state index contributed by atoms with van der Waals surface area (Å²) in [5.41, 5.74) is 3.74. The van der Waals surface area contributed by atoms with E-state index in [4.69, 9.17) is 11.6 Å². The number of carbonyl (C=O) groups is 1. The summed E-state index contributed by atoms with van der Waals surface area (Å²) >= 11 is 7.47. The summed E-state index contributed by atoms with van der Waals surface area (Å²) in [6.45, 7) is 5.66. The molecule has 0 saturated carbocycles. The van der Waals surface area contributed by atoms with E-state index in [2.05, 4.69) is 5.32 Å². The second-order valence-electron chi connectivity index (χ2n) is 8.20. The van der Waals surface area contributed by atoms with Gasteiger partial charge in [0.2, 0.25) is 5.91 Å². The maximum Gasteiger partial charge on any atom is 0.264 e. The lowest BCUT2D eigenvalue weighted by Crippen LogP contribution is -2.41. The van der Waals surface area contributed by atoms with Crippen LogP contribution in [0.15, 0.2) is 65.6 Å². The Morgan fingerprint density at radius 1 is 1.03 bits per heavy atom. The molecular weight excluding hydrogens is 507 g/mol. The molecule has 0 saturated heterocycles. The molecule has 0 radical (unpaired) electrons. The molecule has 5 nitrogen and oxygen atoms in total. The molecule has 0 atom stereocenters. The molecule has 3 aromatic rings. The van der Waals surface area contributed by atoms with Crippen molar-refractivity contribution in [3.8, 4) is 0 Å². The maximum atomic E-state index is 13.9. The fourth-order valence-corrected chi connectivity index (χ4v) is 5.94. The van der Waals surface area contributed by atoms with Crippen LogP contribution < -0.4 is 9.62 Å². The van der Waals surface area contributed by atoms with Gasteiger partial charge in [-0.3, -0.25) is 9.10 Å². The lowest BCUT2D eigenvalue weighted by molar-refractivity contribution is -0.119. The van der Waals surface area contributed by atoms with E-state index in [1.165, 1.54) is 17.8 Å². The molecule has 35 heavy (non-hydrogen) atoms. The highest BCUT2D eigenvalue weighted by atomic mass is 35.5. The number of halogens is 2. The number of rotatable bonds is 10. The third kappa shape index (κ3) is 6.99. The van der Waals surface area contributed by atoms with E-state index in [1.807, 2.05) is 26.8 Å². The number of anilines is 1. The van der Waals surface area contributed by atoms with Gasteiger partial charge >= 0.3 is 0 Å². The molecule has 3 rings (SSSR count). The number of benzene rings is 3. The van der Waals surface area contributed by atoms with Crippen LogP contribution >= 0.6 is 23.4 Å². The first-order valence-electron chi connectivity index (χ1n) is 11.0. The summed E-state index contributed by atoms with van der Waals surface area (Å²) in [7, 11) is -3.97. The molecule has 1 N–H and O–H groups in total. The molecule has 0 heterocycles. The van der Waals surface area contributed by atoms with Gasteiger partial charge < -0.3 is 5.32 Å². The van der Waals surface area contributed by atoms with E-state index in [0.717, 1.165) is 21.0 Å². The van der Waals surface area contributed by atoms with Gasteiger partial charge in [-0.25, -0.2) is 12.8 Å². The fraction of sp³-hybridized carbons (Fsp3) is 0.269. The first-order valence-corrected chi connectivity index (χ1v) is 14.0. The molecule has 186 valence electrons. The molecule has 9 heteroatoms. The monoisotopic (exact) mass is 534 g/mol. The highest BCUT2D eigenvalue weighted by Gasteiger charge is 2.27. The largest absolute Gasteiger partial charge is 0.354 e. The van der Waals surface area contributed by atoms with Crippen molar-refractivity contribution in [1.29, 1.82) is 0 Å². The number of sulfonamides is 1. The summed E-state index contributed by atoms with van der Waals surface area (Å²) in [6, 6.07) is 16.4. The highest BCUT2D eigenvalue weighted by Crippen LogP contribution is 2.26. The minimum atomic E-state index is -3.97. The number of aryl methyl sites for hydroxylation is 3. The van der Waals surface area contributed by atoms with Gasteiger partial charge in [0.1, 0.15) is 12.4 Å². The zero-order valence-electron chi connectivity index (χ0n) is 19.8. The van der Waals surface area contributed by atoms with Gasteiger partial charge in [-0.1, -0.05) is 41.4 Å². The van der Waals surface area contributed by atoms with E-state index in [1.54, 1.807) is 48.5 Å². The van der Waals surface area contributed by atoms with Crippen molar-refractivity contribution in [2.24, 2.45) is 0 Å². The normalized spacial score (nSPS) is 11.3. The first-order chi connectivity index (χ1) is 16.6. The Hall–Kier alpha value is -2.55. The Morgan fingerprint density at radius 2 is 1.74 bits per heavy atom. The number of carbonyl (C=O) groups excluding carboxylic acids is 1. The smallest absolute Gasteiger partial charge is 0.264 e. The summed E-state index contributed by atoms with van der Waals surface area (Å²) < 4.78 is 42.0. The van der Waals surface area contributed by atoms with Crippen molar-refractivity contribution in [2.45, 2.75) is 31.4 Å². The van der Waals surface area contributed by atoms with Gasteiger partial charge in [0.15, 0.2) is 0 Å². The van der Waals surface area contributed by atoms with Crippen LogP contribution in [0.3, 0.4) is 0 Å². The summed E-state index contributed by atoms with van der Waals surface area (Å²) in [5, 5.41) is 3.13. The Bertz CT molecular complexity index is 1280. The topological polar surface area (TPSA) is 66.5 Å². The third-order valence-electron chi connectivity index (χ3n) is 5.55. The standard InChI is InChI=1S/C26H28ClFN2O3S2/c1-18-7-11-22(12-8-18)35(32,33)30(21-10-9-19(2)20(3)15-21)16-26(31)29-13-14-34-17-23-24(27)5-4-6-25(23)28/h4-12,15H,13-14,16-17H2,1-3H3,(H,29,31). The van der Waals surface area contributed by atoms with Crippen LogP contribution in [0.25, 0.3) is 0 Å². The average molecular weight is 535 g/mol. The fourth-order valence-electron chi connectivity index (χ4n) is 3.33. The third-order valence-corrected chi connectivity index (χ3v) is 8.68. The molecule has 0 fully saturated rings. The molecule has 0 aliphatic rings. The minimum Gasteiger partial charge on any atom is -0.354 e. The number of thioether (sulfide) groups is 1. The summed E-state index contributed by atoms with van der Waals surface area (Å²) in [6.07, 6.45) is 0. The molecule has 0 aromatic heterocycles. The number of nitrogens with zero attached hydrogens (tertiary/aromatic N) is 1. The molecule has 1 amide bonds. The Kier molecular flexibility index (Phi) is 9.21. The van der Waals surface area contributed by atoms with E-state index in [-0.39, 0.29) is 17.3 Å². The van der Waals surface area contributed by atoms with Crippen LogP contribution in [0, 0.1) is 26.6 Å². The number of hydrogen-bond acceptors (Lipinski definition) is 4. The van der Waals surface area contributed by atoms with Gasteiger partial charge in [-0.2, -0.15) is 11.8 Å². The Balaban J connectivity index is 1.68. The van der Waals surface area contributed by atoms with Crippen LogP contribution in [0.5, 0.6) is 0 Å². The van der Waals surface area contributed by atoms with E-state index in [9.17, 15) is 17.6 Å². The van der Waals surface area contributed by atoms with Crippen molar-refractivity contribution in [2.75, 3.05) is 23.1 Å². The quantitative estimate of drug-likeness (QED) is 0.341. The molecule has 0 unspecified atom stereocenters. The second-order valence-corrected chi connectivity index (χ2v) is 11.6. The Morgan fingerprint density at radius 3 is 2.40 bits per heavy atom. The molecule has 0 aliphatic carbocycles. The molecule has 0 aliphatic heterocycles. The van der Waals surface area contributed by atoms with Crippen molar-refractivity contribution in [3.05, 3.63) is 93.8 Å². The van der Waals surface area contributed by atoms with Gasteiger partial charge in [0.25, 0.3) is 10.0 Å². The average Bonchev–Trinajstić information content (AvgIpc) is 2.81. The lowest BCUT2D eigenvalue weighted by atomic mass is 10.1. The summed E-state index contributed by atoms with van der Waals surface area (Å²) in [4.78, 5) is 12.9. The molecule has 0 bridgehead atoms. The van der Waals surface area contributed by atoms with Gasteiger partial charge in [0, 0.05) is 28.6 Å². The minimum absolute atomic E-state index is 0.117. The van der Waals surface area contributed by atoms with Gasteiger partial charge in [-0.15, -0.1) is 0 Å². The first kappa shape index (κ1) is 27.0. The maximum absolute atomic E-state index is 13.9. The van der Waals surface area contributed by atoms with Crippen molar-refractivity contribution >= 4 is 45.0 Å². The predicted molar refractivity (Wildman–Crippen MR) is 142 cm³/mol. The van der Waals surface area contributed by atoms with Gasteiger partial charge in [-0.05, 0) is 68.3 Å². The zero-order chi connectivity index (χ0) is 25.6. The Labute approximate surface area is 215 Å². The van der Waals surface area contributed by atoms with Crippen molar-refractivity contribution < 1.29 is 17.6 Å². The number of nitrogens with one attached hydrogen (secondary N) is 1. The second kappa shape index (κ2) is 11.9. The summed E-state index contributed by atoms with van der Waals surface area (Å²) in [5.74, 6) is 0.103.